The molecule has 0 spiro atoms. The van der Waals surface area contributed by atoms with E-state index in [9.17, 15) is 19.7 Å². The first kappa shape index (κ1) is 21.7. The molecule has 2 aromatic heterocycles. The molecule has 0 radical (unpaired) electrons. The van der Waals surface area contributed by atoms with Gasteiger partial charge in [-0.1, -0.05) is 30.3 Å². The lowest BCUT2D eigenvalue weighted by Gasteiger charge is -2.11. The molecule has 166 valence electrons. The summed E-state index contributed by atoms with van der Waals surface area (Å²) in [6.07, 6.45) is 0. The Bertz CT molecular complexity index is 1390. The van der Waals surface area contributed by atoms with Crippen molar-refractivity contribution >= 4 is 34.2 Å². The molecular weight excluding hydrogens is 426 g/mol. The SMILES string of the molecule is Cc1ccc(-c2cc(C(=O)OCC(=O)Nc3c(C)cccc3[N+](=O)[O-])c3ccccc3n2)o1. The van der Waals surface area contributed by atoms with Gasteiger partial charge in [-0.25, -0.2) is 9.78 Å². The predicted molar refractivity (Wildman–Crippen MR) is 121 cm³/mol. The number of nitro groups is 1. The zero-order valence-corrected chi connectivity index (χ0v) is 17.8. The third-order valence-corrected chi connectivity index (χ3v) is 4.98. The fraction of sp³-hybridized carbons (Fsp3) is 0.125. The van der Waals surface area contributed by atoms with E-state index in [1.54, 1.807) is 62.4 Å². The summed E-state index contributed by atoms with van der Waals surface area (Å²) in [6, 6.07) is 16.6. The number of benzene rings is 2. The van der Waals surface area contributed by atoms with Crippen LogP contribution < -0.4 is 5.32 Å². The number of hydrogen-bond donors (Lipinski definition) is 1. The summed E-state index contributed by atoms with van der Waals surface area (Å²) in [5.74, 6) is -0.225. The van der Waals surface area contributed by atoms with Gasteiger partial charge in [-0.3, -0.25) is 14.9 Å². The maximum atomic E-state index is 12.9. The molecule has 2 aromatic carbocycles. The molecule has 4 aromatic rings. The second kappa shape index (κ2) is 8.91. The number of aromatic nitrogens is 1. The number of rotatable bonds is 6. The van der Waals surface area contributed by atoms with Crippen molar-refractivity contribution in [3.8, 4) is 11.5 Å². The van der Waals surface area contributed by atoms with E-state index in [2.05, 4.69) is 10.3 Å². The molecule has 1 N–H and O–H groups in total. The minimum Gasteiger partial charge on any atom is -0.460 e. The van der Waals surface area contributed by atoms with Crippen LogP contribution in [-0.4, -0.2) is 28.4 Å². The van der Waals surface area contributed by atoms with Crippen molar-refractivity contribution in [1.82, 2.24) is 4.98 Å². The normalized spacial score (nSPS) is 10.7. The molecule has 9 nitrogen and oxygen atoms in total. The van der Waals surface area contributed by atoms with E-state index in [-0.39, 0.29) is 16.9 Å². The zero-order chi connectivity index (χ0) is 23.5. The number of anilines is 1. The number of fused-ring (bicyclic) bond motifs is 1. The summed E-state index contributed by atoms with van der Waals surface area (Å²) < 4.78 is 10.9. The number of para-hydroxylation sites is 2. The molecule has 0 atom stereocenters. The van der Waals surface area contributed by atoms with Gasteiger partial charge in [-0.05, 0) is 43.7 Å². The van der Waals surface area contributed by atoms with Gasteiger partial charge in [0.25, 0.3) is 11.6 Å². The maximum Gasteiger partial charge on any atom is 0.339 e. The number of pyridine rings is 1. The Morgan fingerprint density at radius 3 is 2.61 bits per heavy atom. The second-order valence-electron chi connectivity index (χ2n) is 7.33. The number of hydrogen-bond acceptors (Lipinski definition) is 7. The number of carbonyl (C=O) groups is 2. The minimum atomic E-state index is -0.729. The van der Waals surface area contributed by atoms with Gasteiger partial charge in [0, 0.05) is 11.5 Å². The first-order chi connectivity index (χ1) is 15.8. The number of aryl methyl sites for hydroxylation is 2. The number of furan rings is 1. The van der Waals surface area contributed by atoms with Crippen molar-refractivity contribution in [1.29, 1.82) is 0 Å². The van der Waals surface area contributed by atoms with Crippen LogP contribution in [0.5, 0.6) is 0 Å². The highest BCUT2D eigenvalue weighted by molar-refractivity contribution is 6.05. The summed E-state index contributed by atoms with van der Waals surface area (Å²) in [4.78, 5) is 40.5. The Labute approximate surface area is 188 Å². The van der Waals surface area contributed by atoms with Crippen LogP contribution in [0.15, 0.2) is 65.1 Å². The molecule has 0 saturated carbocycles. The van der Waals surface area contributed by atoms with Gasteiger partial charge in [-0.15, -0.1) is 0 Å². The van der Waals surface area contributed by atoms with Crippen LogP contribution in [0.4, 0.5) is 11.4 Å². The van der Waals surface area contributed by atoms with Crippen LogP contribution in [0, 0.1) is 24.0 Å². The minimum absolute atomic E-state index is 0.0633. The van der Waals surface area contributed by atoms with Gasteiger partial charge in [0.15, 0.2) is 12.4 Å². The van der Waals surface area contributed by atoms with Crippen LogP contribution in [0.2, 0.25) is 0 Å². The van der Waals surface area contributed by atoms with Crippen molar-refractivity contribution in [2.45, 2.75) is 13.8 Å². The molecule has 0 aliphatic carbocycles. The third kappa shape index (κ3) is 4.57. The summed E-state index contributed by atoms with van der Waals surface area (Å²) in [5.41, 5.74) is 1.58. The number of nitro benzene ring substituents is 1. The Morgan fingerprint density at radius 1 is 1.09 bits per heavy atom. The van der Waals surface area contributed by atoms with Crippen LogP contribution in [0.25, 0.3) is 22.4 Å². The number of nitrogens with one attached hydrogen (secondary N) is 1. The van der Waals surface area contributed by atoms with Crippen molar-refractivity contribution < 1.29 is 23.7 Å². The average Bonchev–Trinajstić information content (AvgIpc) is 3.24. The number of nitrogens with zero attached hydrogens (tertiary/aromatic N) is 2. The molecule has 0 fully saturated rings. The van der Waals surface area contributed by atoms with Crippen LogP contribution in [0.1, 0.15) is 21.7 Å². The van der Waals surface area contributed by atoms with Gasteiger partial charge in [-0.2, -0.15) is 0 Å². The van der Waals surface area contributed by atoms with Gasteiger partial charge in [0.2, 0.25) is 0 Å². The zero-order valence-electron chi connectivity index (χ0n) is 17.8. The van der Waals surface area contributed by atoms with E-state index in [1.807, 2.05) is 0 Å². The highest BCUT2D eigenvalue weighted by atomic mass is 16.6. The number of esters is 1. The summed E-state index contributed by atoms with van der Waals surface area (Å²) in [6.45, 7) is 2.82. The van der Waals surface area contributed by atoms with Crippen LogP contribution >= 0.6 is 0 Å². The van der Waals surface area contributed by atoms with Crippen LogP contribution in [-0.2, 0) is 9.53 Å². The summed E-state index contributed by atoms with van der Waals surface area (Å²) in [7, 11) is 0. The van der Waals surface area contributed by atoms with Crippen molar-refractivity contribution in [2.75, 3.05) is 11.9 Å². The van der Waals surface area contributed by atoms with E-state index in [0.29, 0.717) is 33.7 Å². The largest absolute Gasteiger partial charge is 0.460 e. The molecular formula is C24H19N3O6. The number of carbonyl (C=O) groups excluding carboxylic acids is 2. The van der Waals surface area contributed by atoms with Crippen molar-refractivity contribution in [3.63, 3.8) is 0 Å². The Hall–Kier alpha value is -4.53. The molecule has 9 heteroatoms. The van der Waals surface area contributed by atoms with Crippen LogP contribution in [0.3, 0.4) is 0 Å². The Balaban J connectivity index is 1.56. The Kier molecular flexibility index (Phi) is 5.86. The first-order valence-electron chi connectivity index (χ1n) is 10.0. The standard InChI is InChI=1S/C24H19N3O6/c1-14-6-5-9-20(27(30)31)23(14)26-22(28)13-32-24(29)17-12-19(21-11-10-15(2)33-21)25-18-8-4-3-7-16(17)18/h3-12H,13H2,1-2H3,(H,26,28). The van der Waals surface area contributed by atoms with E-state index >= 15 is 0 Å². The molecule has 33 heavy (non-hydrogen) atoms. The number of ether oxygens (including phenoxy) is 1. The van der Waals surface area contributed by atoms with E-state index in [1.165, 1.54) is 12.1 Å². The topological polar surface area (TPSA) is 125 Å². The van der Waals surface area contributed by atoms with Crippen molar-refractivity contribution in [2.24, 2.45) is 0 Å². The number of amides is 1. The molecule has 4 rings (SSSR count). The van der Waals surface area contributed by atoms with E-state index in [0.717, 1.165) is 0 Å². The molecule has 0 aliphatic rings. The fourth-order valence-corrected chi connectivity index (χ4v) is 3.39. The molecule has 0 saturated heterocycles. The van der Waals surface area contributed by atoms with Gasteiger partial charge >= 0.3 is 5.97 Å². The molecule has 1 amide bonds. The lowest BCUT2D eigenvalue weighted by molar-refractivity contribution is -0.384. The lowest BCUT2D eigenvalue weighted by atomic mass is 10.1. The first-order valence-corrected chi connectivity index (χ1v) is 10.0. The average molecular weight is 445 g/mol. The summed E-state index contributed by atoms with van der Waals surface area (Å²) in [5, 5.41) is 14.3. The van der Waals surface area contributed by atoms with Gasteiger partial charge in [0.1, 0.15) is 17.1 Å². The van der Waals surface area contributed by atoms with Gasteiger partial charge < -0.3 is 14.5 Å². The monoisotopic (exact) mass is 445 g/mol. The highest BCUT2D eigenvalue weighted by Crippen LogP contribution is 2.28. The van der Waals surface area contributed by atoms with E-state index < -0.39 is 23.4 Å². The quantitative estimate of drug-likeness (QED) is 0.256. The second-order valence-corrected chi connectivity index (χ2v) is 7.33. The molecule has 0 bridgehead atoms. The highest BCUT2D eigenvalue weighted by Gasteiger charge is 2.20. The fourth-order valence-electron chi connectivity index (χ4n) is 3.39. The maximum absolute atomic E-state index is 12.9. The van der Waals surface area contributed by atoms with Gasteiger partial charge in [0.05, 0.1) is 16.0 Å². The Morgan fingerprint density at radius 2 is 1.88 bits per heavy atom. The van der Waals surface area contributed by atoms with Crippen molar-refractivity contribution in [3.05, 3.63) is 87.7 Å². The predicted octanol–water partition coefficient (Wildman–Crippen LogP) is 4.82. The molecule has 0 aliphatic heterocycles. The molecule has 2 heterocycles. The smallest absolute Gasteiger partial charge is 0.339 e. The lowest BCUT2D eigenvalue weighted by Crippen LogP contribution is -2.22. The third-order valence-electron chi connectivity index (χ3n) is 4.98. The molecule has 0 unspecified atom stereocenters. The van der Waals surface area contributed by atoms with E-state index in [4.69, 9.17) is 9.15 Å². The summed E-state index contributed by atoms with van der Waals surface area (Å²) >= 11 is 0.